The number of ether oxygens (including phenoxy) is 1. The number of hydrogen-bond donors (Lipinski definition) is 1. The van der Waals surface area contributed by atoms with Gasteiger partial charge >= 0.3 is 0 Å². The molecule has 1 aromatic carbocycles. The van der Waals surface area contributed by atoms with E-state index in [1.165, 1.54) is 0 Å². The minimum atomic E-state index is -0.0556. The highest BCUT2D eigenvalue weighted by atomic mass is 16.5. The van der Waals surface area contributed by atoms with Crippen LogP contribution < -0.4 is 4.74 Å². The van der Waals surface area contributed by atoms with Crippen LogP contribution in [0.3, 0.4) is 0 Å². The fourth-order valence-electron chi connectivity index (χ4n) is 3.26. The first-order chi connectivity index (χ1) is 12.2. The summed E-state index contributed by atoms with van der Waals surface area (Å²) >= 11 is 0. The normalized spacial score (nSPS) is 17.6. The van der Waals surface area contributed by atoms with E-state index in [1.807, 2.05) is 48.2 Å². The number of rotatable bonds is 3. The number of para-hydroxylation sites is 1. The van der Waals surface area contributed by atoms with Crippen LogP contribution in [-0.2, 0) is 0 Å². The van der Waals surface area contributed by atoms with Gasteiger partial charge in [0.1, 0.15) is 6.10 Å². The molecule has 6 heteroatoms. The lowest BCUT2D eigenvalue weighted by atomic mass is 10.1. The quantitative estimate of drug-likeness (QED) is 0.798. The molecule has 0 bridgehead atoms. The zero-order valence-corrected chi connectivity index (χ0v) is 14.1. The van der Waals surface area contributed by atoms with Gasteiger partial charge in [0, 0.05) is 29.7 Å². The number of carbonyl (C=O) groups is 1. The maximum absolute atomic E-state index is 12.9. The molecular weight excluding hydrogens is 316 g/mol. The Bertz CT molecular complexity index is 888. The third-order valence-corrected chi connectivity index (χ3v) is 4.55. The van der Waals surface area contributed by atoms with E-state index in [4.69, 9.17) is 4.74 Å². The van der Waals surface area contributed by atoms with Crippen molar-refractivity contribution in [3.63, 3.8) is 0 Å². The van der Waals surface area contributed by atoms with Gasteiger partial charge in [-0.15, -0.1) is 5.10 Å². The van der Waals surface area contributed by atoms with Gasteiger partial charge in [0.05, 0.1) is 17.8 Å². The molecule has 0 saturated carbocycles. The van der Waals surface area contributed by atoms with Crippen LogP contribution in [0.4, 0.5) is 0 Å². The third-order valence-electron chi connectivity index (χ3n) is 4.55. The van der Waals surface area contributed by atoms with Gasteiger partial charge < -0.3 is 14.6 Å². The first kappa shape index (κ1) is 15.6. The Labute approximate surface area is 145 Å². The Hall–Kier alpha value is -2.89. The van der Waals surface area contributed by atoms with Crippen molar-refractivity contribution in [2.75, 3.05) is 13.1 Å². The molecule has 2 aromatic heterocycles. The van der Waals surface area contributed by atoms with Gasteiger partial charge in [-0.3, -0.25) is 4.79 Å². The van der Waals surface area contributed by atoms with Crippen LogP contribution in [0.25, 0.3) is 10.9 Å². The Morgan fingerprint density at radius 1 is 1.24 bits per heavy atom. The van der Waals surface area contributed by atoms with Crippen LogP contribution >= 0.6 is 0 Å². The zero-order valence-electron chi connectivity index (χ0n) is 14.1. The highest BCUT2D eigenvalue weighted by Crippen LogP contribution is 2.22. The molecule has 1 N–H and O–H groups in total. The maximum Gasteiger partial charge on any atom is 0.256 e. The summed E-state index contributed by atoms with van der Waals surface area (Å²) in [6.07, 6.45) is 3.56. The summed E-state index contributed by atoms with van der Waals surface area (Å²) in [4.78, 5) is 18.0. The predicted octanol–water partition coefficient (Wildman–Crippen LogP) is 2.95. The molecule has 0 aliphatic carbocycles. The van der Waals surface area contributed by atoms with E-state index < -0.39 is 0 Å². The smallest absolute Gasteiger partial charge is 0.256 e. The van der Waals surface area contributed by atoms with Crippen molar-refractivity contribution in [3.05, 3.63) is 53.9 Å². The van der Waals surface area contributed by atoms with E-state index in [9.17, 15) is 4.79 Å². The number of hydrogen-bond acceptors (Lipinski definition) is 4. The van der Waals surface area contributed by atoms with Crippen molar-refractivity contribution < 1.29 is 9.53 Å². The van der Waals surface area contributed by atoms with Crippen LogP contribution in [0.1, 0.15) is 28.9 Å². The van der Waals surface area contributed by atoms with Crippen LogP contribution in [0, 0.1) is 6.92 Å². The second-order valence-corrected chi connectivity index (χ2v) is 6.39. The molecule has 1 aliphatic rings. The summed E-state index contributed by atoms with van der Waals surface area (Å²) in [5, 5.41) is 9.02. The summed E-state index contributed by atoms with van der Waals surface area (Å²) < 4.78 is 5.92. The average molecular weight is 336 g/mol. The predicted molar refractivity (Wildman–Crippen MR) is 94.6 cm³/mol. The summed E-state index contributed by atoms with van der Waals surface area (Å²) in [6.45, 7) is 3.20. The number of likely N-dealkylation sites (tertiary alicyclic amines) is 1. The molecule has 25 heavy (non-hydrogen) atoms. The number of amides is 1. The SMILES string of the molecule is Cc1ccc(OC2CCCN(C(=O)c3c[nH]c4ccccc34)C2)nn1. The molecule has 1 unspecified atom stereocenters. The van der Waals surface area contributed by atoms with Crippen molar-refractivity contribution in [1.29, 1.82) is 0 Å². The first-order valence-corrected chi connectivity index (χ1v) is 8.53. The Kier molecular flexibility index (Phi) is 4.09. The topological polar surface area (TPSA) is 71.1 Å². The molecule has 1 amide bonds. The molecule has 3 heterocycles. The number of fused-ring (bicyclic) bond motifs is 1. The Balaban J connectivity index is 1.49. The molecule has 0 spiro atoms. The van der Waals surface area contributed by atoms with Gasteiger partial charge in [-0.05, 0) is 31.9 Å². The zero-order chi connectivity index (χ0) is 17.2. The van der Waals surface area contributed by atoms with Crippen molar-refractivity contribution in [3.8, 4) is 5.88 Å². The molecule has 1 fully saturated rings. The molecule has 0 radical (unpaired) electrons. The van der Waals surface area contributed by atoms with E-state index in [0.29, 0.717) is 18.0 Å². The minimum absolute atomic E-state index is 0.0424. The standard InChI is InChI=1S/C19H20N4O2/c1-13-8-9-18(22-21-13)25-14-5-4-10-23(12-14)19(24)16-11-20-17-7-3-2-6-15(16)17/h2-3,6-9,11,14,20H,4-5,10,12H2,1H3. The Morgan fingerprint density at radius 3 is 2.96 bits per heavy atom. The first-order valence-electron chi connectivity index (χ1n) is 8.53. The summed E-state index contributed by atoms with van der Waals surface area (Å²) in [5.74, 6) is 0.553. The number of nitrogens with one attached hydrogen (secondary N) is 1. The van der Waals surface area contributed by atoms with E-state index in [2.05, 4.69) is 15.2 Å². The number of piperidine rings is 1. The number of H-pyrrole nitrogens is 1. The van der Waals surface area contributed by atoms with Crippen LogP contribution in [-0.4, -0.2) is 45.2 Å². The second kappa shape index (κ2) is 6.55. The number of benzene rings is 1. The van der Waals surface area contributed by atoms with E-state index in [-0.39, 0.29) is 12.0 Å². The van der Waals surface area contributed by atoms with Gasteiger partial charge in [-0.25, -0.2) is 0 Å². The molecule has 128 valence electrons. The van der Waals surface area contributed by atoms with E-state index in [0.717, 1.165) is 36.0 Å². The second-order valence-electron chi connectivity index (χ2n) is 6.39. The van der Waals surface area contributed by atoms with Crippen LogP contribution in [0.15, 0.2) is 42.6 Å². The van der Waals surface area contributed by atoms with Crippen molar-refractivity contribution in [2.24, 2.45) is 0 Å². The lowest BCUT2D eigenvalue weighted by molar-refractivity contribution is 0.0527. The van der Waals surface area contributed by atoms with Crippen molar-refractivity contribution in [2.45, 2.75) is 25.9 Å². The highest BCUT2D eigenvalue weighted by Gasteiger charge is 2.27. The highest BCUT2D eigenvalue weighted by molar-refractivity contribution is 6.06. The van der Waals surface area contributed by atoms with Crippen molar-refractivity contribution >= 4 is 16.8 Å². The molecular formula is C19H20N4O2. The summed E-state index contributed by atoms with van der Waals surface area (Å²) in [7, 11) is 0. The monoisotopic (exact) mass is 336 g/mol. The van der Waals surface area contributed by atoms with E-state index >= 15 is 0 Å². The van der Waals surface area contributed by atoms with E-state index in [1.54, 1.807) is 6.20 Å². The summed E-state index contributed by atoms with van der Waals surface area (Å²) in [6, 6.07) is 11.6. The molecule has 1 aliphatic heterocycles. The lowest BCUT2D eigenvalue weighted by Gasteiger charge is -2.32. The number of carbonyl (C=O) groups excluding carboxylic acids is 1. The average Bonchev–Trinajstić information content (AvgIpc) is 3.07. The minimum Gasteiger partial charge on any atom is -0.471 e. The molecule has 1 atom stereocenters. The summed E-state index contributed by atoms with van der Waals surface area (Å²) in [5.41, 5.74) is 2.55. The van der Waals surface area contributed by atoms with Crippen LogP contribution in [0.5, 0.6) is 5.88 Å². The molecule has 3 aromatic rings. The van der Waals surface area contributed by atoms with Gasteiger partial charge in [-0.1, -0.05) is 18.2 Å². The maximum atomic E-state index is 12.9. The van der Waals surface area contributed by atoms with Crippen LogP contribution in [0.2, 0.25) is 0 Å². The van der Waals surface area contributed by atoms with Gasteiger partial charge in [0.2, 0.25) is 5.88 Å². The largest absolute Gasteiger partial charge is 0.471 e. The molecule has 6 nitrogen and oxygen atoms in total. The van der Waals surface area contributed by atoms with Gasteiger partial charge in [0.25, 0.3) is 5.91 Å². The Morgan fingerprint density at radius 2 is 2.12 bits per heavy atom. The van der Waals surface area contributed by atoms with Crippen molar-refractivity contribution in [1.82, 2.24) is 20.1 Å². The number of aryl methyl sites for hydroxylation is 1. The van der Waals surface area contributed by atoms with Gasteiger partial charge in [0.15, 0.2) is 0 Å². The number of aromatic nitrogens is 3. The van der Waals surface area contributed by atoms with Gasteiger partial charge in [-0.2, -0.15) is 5.10 Å². The fourth-order valence-corrected chi connectivity index (χ4v) is 3.26. The third kappa shape index (κ3) is 3.20. The number of aromatic amines is 1. The molecule has 1 saturated heterocycles. The number of nitrogens with zero attached hydrogens (tertiary/aromatic N) is 3. The molecule has 4 rings (SSSR count). The lowest BCUT2D eigenvalue weighted by Crippen LogP contribution is -2.44. The fraction of sp³-hybridized carbons (Fsp3) is 0.316.